The fraction of sp³-hybridized carbons (Fsp3) is 0.923. The minimum absolute atomic E-state index is 0.143. The Morgan fingerprint density at radius 2 is 1.62 bits per heavy atom. The molecule has 0 atom stereocenters. The number of hydrogen-bond acceptors (Lipinski definition) is 2. The summed E-state index contributed by atoms with van der Waals surface area (Å²) in [4.78, 5) is 13.6. The van der Waals surface area contributed by atoms with Gasteiger partial charge in [-0.1, -0.05) is 26.7 Å². The van der Waals surface area contributed by atoms with Crippen LogP contribution in [0.25, 0.3) is 0 Å². The van der Waals surface area contributed by atoms with Crippen LogP contribution < -0.4 is 5.32 Å². The van der Waals surface area contributed by atoms with Crippen molar-refractivity contribution in [3.05, 3.63) is 0 Å². The fourth-order valence-corrected chi connectivity index (χ4v) is 2.12. The van der Waals surface area contributed by atoms with E-state index in [1.54, 1.807) is 19.0 Å². The number of amides is 1. The summed E-state index contributed by atoms with van der Waals surface area (Å²) in [6.45, 7) is 8.30. The molecule has 0 rings (SSSR count). The molecule has 0 bridgehead atoms. The fourth-order valence-electron chi connectivity index (χ4n) is 2.12. The average Bonchev–Trinajstić information content (AvgIpc) is 2.16. The lowest BCUT2D eigenvalue weighted by atomic mass is 9.98. The third-order valence-electron chi connectivity index (χ3n) is 2.78. The van der Waals surface area contributed by atoms with Gasteiger partial charge in [0.1, 0.15) is 0 Å². The van der Waals surface area contributed by atoms with E-state index in [1.807, 2.05) is 13.8 Å². The molecule has 0 aliphatic carbocycles. The van der Waals surface area contributed by atoms with E-state index in [9.17, 15) is 4.79 Å². The van der Waals surface area contributed by atoms with Gasteiger partial charge < -0.3 is 10.2 Å². The molecule has 0 aliphatic heterocycles. The third-order valence-corrected chi connectivity index (χ3v) is 2.78. The molecular formula is C13H28N2O. The Hall–Kier alpha value is -0.570. The van der Waals surface area contributed by atoms with Crippen molar-refractivity contribution in [3.8, 4) is 0 Å². The van der Waals surface area contributed by atoms with E-state index in [2.05, 4.69) is 19.2 Å². The molecule has 3 nitrogen and oxygen atoms in total. The number of rotatable bonds is 7. The van der Waals surface area contributed by atoms with Gasteiger partial charge in [-0.3, -0.25) is 4.79 Å². The summed E-state index contributed by atoms with van der Waals surface area (Å²) in [5.41, 5.74) is -0.460. The molecule has 0 radical (unpaired) electrons. The molecule has 96 valence electrons. The molecule has 0 aromatic rings. The van der Waals surface area contributed by atoms with Crippen LogP contribution in [0.5, 0.6) is 0 Å². The minimum atomic E-state index is -0.460. The first-order valence-electron chi connectivity index (χ1n) is 6.34. The first-order valence-corrected chi connectivity index (χ1v) is 6.34. The van der Waals surface area contributed by atoms with Crippen molar-refractivity contribution in [2.24, 2.45) is 0 Å². The number of carbonyl (C=O) groups is 1. The first kappa shape index (κ1) is 15.4. The molecule has 0 heterocycles. The number of nitrogens with zero attached hydrogens (tertiary/aromatic N) is 1. The van der Waals surface area contributed by atoms with Crippen molar-refractivity contribution in [2.45, 2.75) is 65.0 Å². The Morgan fingerprint density at radius 1 is 1.19 bits per heavy atom. The zero-order valence-corrected chi connectivity index (χ0v) is 11.8. The van der Waals surface area contributed by atoms with Crippen LogP contribution in [-0.4, -0.2) is 36.5 Å². The number of likely N-dealkylation sites (N-methyl/N-ethyl adjacent to an activating group) is 1. The SMILES string of the molecule is CCCC(CCC)NC(C)(C)C(=O)N(C)C. The van der Waals surface area contributed by atoms with Crippen molar-refractivity contribution in [1.82, 2.24) is 10.2 Å². The van der Waals surface area contributed by atoms with Crippen molar-refractivity contribution in [2.75, 3.05) is 14.1 Å². The molecule has 0 unspecified atom stereocenters. The smallest absolute Gasteiger partial charge is 0.241 e. The normalized spacial score (nSPS) is 11.9. The van der Waals surface area contributed by atoms with Crippen LogP contribution in [0, 0.1) is 0 Å². The maximum absolute atomic E-state index is 12.0. The van der Waals surface area contributed by atoms with Gasteiger partial charge >= 0.3 is 0 Å². The molecule has 0 aromatic carbocycles. The summed E-state index contributed by atoms with van der Waals surface area (Å²) >= 11 is 0. The van der Waals surface area contributed by atoms with E-state index in [-0.39, 0.29) is 5.91 Å². The zero-order valence-electron chi connectivity index (χ0n) is 11.8. The second-order valence-electron chi connectivity index (χ2n) is 5.24. The summed E-state index contributed by atoms with van der Waals surface area (Å²) in [6.07, 6.45) is 4.59. The minimum Gasteiger partial charge on any atom is -0.347 e. The Labute approximate surface area is 101 Å². The van der Waals surface area contributed by atoms with Crippen LogP contribution in [0.3, 0.4) is 0 Å². The van der Waals surface area contributed by atoms with E-state index in [1.165, 1.54) is 0 Å². The summed E-state index contributed by atoms with van der Waals surface area (Å²) in [6, 6.07) is 0.453. The molecule has 0 spiro atoms. The van der Waals surface area contributed by atoms with Crippen molar-refractivity contribution in [1.29, 1.82) is 0 Å². The molecule has 0 aliphatic rings. The highest BCUT2D eigenvalue weighted by molar-refractivity contribution is 5.85. The van der Waals surface area contributed by atoms with Crippen molar-refractivity contribution < 1.29 is 4.79 Å². The van der Waals surface area contributed by atoms with Crippen LogP contribution in [-0.2, 0) is 4.79 Å². The highest BCUT2D eigenvalue weighted by Gasteiger charge is 2.30. The van der Waals surface area contributed by atoms with Gasteiger partial charge in [0.25, 0.3) is 0 Å². The maximum atomic E-state index is 12.0. The van der Waals surface area contributed by atoms with E-state index in [0.29, 0.717) is 6.04 Å². The Bertz CT molecular complexity index is 206. The lowest BCUT2D eigenvalue weighted by Gasteiger charge is -2.32. The van der Waals surface area contributed by atoms with E-state index in [4.69, 9.17) is 0 Å². The second-order valence-corrected chi connectivity index (χ2v) is 5.24. The summed E-state index contributed by atoms with van der Waals surface area (Å²) in [5, 5.41) is 3.49. The Morgan fingerprint density at radius 3 is 1.94 bits per heavy atom. The predicted octanol–water partition coefficient (Wildman–Crippen LogP) is 2.41. The van der Waals surface area contributed by atoms with Gasteiger partial charge in [0, 0.05) is 20.1 Å². The van der Waals surface area contributed by atoms with Crippen LogP contribution in [0.1, 0.15) is 53.4 Å². The van der Waals surface area contributed by atoms with E-state index in [0.717, 1.165) is 25.7 Å². The number of hydrogen-bond donors (Lipinski definition) is 1. The molecule has 0 aromatic heterocycles. The van der Waals surface area contributed by atoms with Gasteiger partial charge in [-0.25, -0.2) is 0 Å². The van der Waals surface area contributed by atoms with Gasteiger partial charge in [-0.2, -0.15) is 0 Å². The third kappa shape index (κ3) is 4.97. The molecule has 1 amide bonds. The molecule has 0 saturated heterocycles. The monoisotopic (exact) mass is 228 g/mol. The predicted molar refractivity (Wildman–Crippen MR) is 69.5 cm³/mol. The molecule has 16 heavy (non-hydrogen) atoms. The molecule has 3 heteroatoms. The second kappa shape index (κ2) is 6.89. The van der Waals surface area contributed by atoms with Crippen molar-refractivity contribution >= 4 is 5.91 Å². The van der Waals surface area contributed by atoms with Crippen molar-refractivity contribution in [3.63, 3.8) is 0 Å². The van der Waals surface area contributed by atoms with Crippen LogP contribution >= 0.6 is 0 Å². The average molecular weight is 228 g/mol. The van der Waals surface area contributed by atoms with Gasteiger partial charge in [-0.15, -0.1) is 0 Å². The van der Waals surface area contributed by atoms with Crippen LogP contribution in [0.2, 0.25) is 0 Å². The van der Waals surface area contributed by atoms with E-state index < -0.39 is 5.54 Å². The standard InChI is InChI=1S/C13H28N2O/c1-7-9-11(10-8-2)14-13(3,4)12(16)15(5)6/h11,14H,7-10H2,1-6H3. The zero-order chi connectivity index (χ0) is 12.8. The highest BCUT2D eigenvalue weighted by atomic mass is 16.2. The molecule has 0 saturated carbocycles. The molecule has 1 N–H and O–H groups in total. The summed E-state index contributed by atoms with van der Waals surface area (Å²) in [5.74, 6) is 0.143. The quantitative estimate of drug-likeness (QED) is 0.726. The summed E-state index contributed by atoms with van der Waals surface area (Å²) in [7, 11) is 3.61. The highest BCUT2D eigenvalue weighted by Crippen LogP contribution is 2.13. The Kier molecular flexibility index (Phi) is 6.65. The largest absolute Gasteiger partial charge is 0.347 e. The van der Waals surface area contributed by atoms with Crippen LogP contribution in [0.4, 0.5) is 0 Å². The molecular weight excluding hydrogens is 200 g/mol. The first-order chi connectivity index (χ1) is 7.35. The topological polar surface area (TPSA) is 32.3 Å². The number of carbonyl (C=O) groups excluding carboxylic acids is 1. The molecule has 0 fully saturated rings. The number of nitrogens with one attached hydrogen (secondary N) is 1. The van der Waals surface area contributed by atoms with E-state index >= 15 is 0 Å². The summed E-state index contributed by atoms with van der Waals surface area (Å²) < 4.78 is 0. The lowest BCUT2D eigenvalue weighted by Crippen LogP contribution is -2.55. The maximum Gasteiger partial charge on any atom is 0.241 e. The van der Waals surface area contributed by atoms with Gasteiger partial charge in [0.15, 0.2) is 0 Å². The van der Waals surface area contributed by atoms with Gasteiger partial charge in [-0.05, 0) is 26.7 Å². The van der Waals surface area contributed by atoms with Gasteiger partial charge in [0.2, 0.25) is 5.91 Å². The van der Waals surface area contributed by atoms with Gasteiger partial charge in [0.05, 0.1) is 5.54 Å². The lowest BCUT2D eigenvalue weighted by molar-refractivity contribution is -0.134. The van der Waals surface area contributed by atoms with Crippen LogP contribution in [0.15, 0.2) is 0 Å². The Balaban J connectivity index is 4.45.